The highest BCUT2D eigenvalue weighted by molar-refractivity contribution is 6.13. The summed E-state index contributed by atoms with van der Waals surface area (Å²) in [4.78, 5) is 64.5. The standard InChI is InChI=1S/C49H45N7O8/c1-8-42(57)50-34-21-30(22-35(25-34)51-43(58)9-2)47(61)52-32-14-12-15-33(24-32)53-48(62)37-23-29-13-10-11-16-36(29)44(45(37)59)56-55-39-27-40(63-6)38(26-41(39)64-7)54-46(60)28-17-19-31(20-18-28)49(3,4)5/h8-27,59H,1-2H2,3-7H3,(H,50,57)(H,51,58)(H,52,61)(H,53,62)(H,54,60). The van der Waals surface area contributed by atoms with Gasteiger partial charge in [-0.05, 0) is 83.1 Å². The van der Waals surface area contributed by atoms with Crippen molar-refractivity contribution in [2.75, 3.05) is 40.8 Å². The predicted octanol–water partition coefficient (Wildman–Crippen LogP) is 10.3. The maximum Gasteiger partial charge on any atom is 0.259 e. The van der Waals surface area contributed by atoms with Crippen LogP contribution in [0.4, 0.5) is 39.8 Å². The number of fused-ring (bicyclic) bond motifs is 1. The van der Waals surface area contributed by atoms with Gasteiger partial charge >= 0.3 is 0 Å². The van der Waals surface area contributed by atoms with Crippen LogP contribution in [0.2, 0.25) is 0 Å². The summed E-state index contributed by atoms with van der Waals surface area (Å²) in [5.41, 5.74) is 2.98. The summed E-state index contributed by atoms with van der Waals surface area (Å²) < 4.78 is 11.2. The molecule has 15 heteroatoms. The largest absolute Gasteiger partial charge is 0.505 e. The van der Waals surface area contributed by atoms with E-state index >= 15 is 0 Å². The molecule has 0 atom stereocenters. The number of nitrogens with one attached hydrogen (secondary N) is 5. The van der Waals surface area contributed by atoms with Gasteiger partial charge in [0.05, 0.1) is 25.5 Å². The summed E-state index contributed by atoms with van der Waals surface area (Å²) in [7, 11) is 2.87. The third-order valence-electron chi connectivity index (χ3n) is 9.74. The average Bonchev–Trinajstić information content (AvgIpc) is 3.28. The molecule has 0 bridgehead atoms. The second-order valence-corrected chi connectivity index (χ2v) is 15.2. The van der Waals surface area contributed by atoms with Crippen LogP contribution in [0.15, 0.2) is 145 Å². The third kappa shape index (κ3) is 10.6. The van der Waals surface area contributed by atoms with Crippen LogP contribution in [0, 0.1) is 0 Å². The number of methoxy groups -OCH3 is 2. The molecule has 5 amide bonds. The highest BCUT2D eigenvalue weighted by Crippen LogP contribution is 2.43. The molecule has 6 aromatic rings. The van der Waals surface area contributed by atoms with Gasteiger partial charge in [-0.1, -0.05) is 76.4 Å². The number of hydrogen-bond donors (Lipinski definition) is 6. The Morgan fingerprint density at radius 1 is 0.594 bits per heavy atom. The monoisotopic (exact) mass is 859 g/mol. The van der Waals surface area contributed by atoms with Gasteiger partial charge in [0.2, 0.25) is 11.8 Å². The van der Waals surface area contributed by atoms with E-state index < -0.39 is 29.4 Å². The summed E-state index contributed by atoms with van der Waals surface area (Å²) in [5, 5.41) is 35.0. The molecule has 6 rings (SSSR count). The molecule has 15 nitrogen and oxygen atoms in total. The van der Waals surface area contributed by atoms with E-state index in [4.69, 9.17) is 9.47 Å². The highest BCUT2D eigenvalue weighted by atomic mass is 16.5. The molecule has 0 saturated heterocycles. The molecule has 6 N–H and O–H groups in total. The number of phenolic OH excluding ortho intramolecular Hbond substituents is 1. The normalized spacial score (nSPS) is 11.0. The van der Waals surface area contributed by atoms with Gasteiger partial charge < -0.3 is 41.2 Å². The summed E-state index contributed by atoms with van der Waals surface area (Å²) in [6, 6.07) is 29.5. The van der Waals surface area contributed by atoms with Crippen molar-refractivity contribution in [1.82, 2.24) is 0 Å². The molecule has 6 aromatic carbocycles. The van der Waals surface area contributed by atoms with Crippen LogP contribution in [-0.2, 0) is 15.0 Å². The number of nitrogens with zero attached hydrogens (tertiary/aromatic N) is 2. The van der Waals surface area contributed by atoms with Crippen molar-refractivity contribution >= 4 is 80.1 Å². The molecule has 0 heterocycles. The second kappa shape index (κ2) is 19.4. The van der Waals surface area contributed by atoms with E-state index in [1.807, 2.05) is 12.1 Å². The first-order chi connectivity index (χ1) is 30.6. The predicted molar refractivity (Wildman–Crippen MR) is 249 cm³/mol. The van der Waals surface area contributed by atoms with E-state index in [9.17, 15) is 29.1 Å². The Kier molecular flexibility index (Phi) is 13.6. The number of azo groups is 1. The maximum absolute atomic E-state index is 13.8. The van der Waals surface area contributed by atoms with Crippen molar-refractivity contribution in [3.05, 3.63) is 157 Å². The molecule has 0 saturated carbocycles. The van der Waals surface area contributed by atoms with Crippen LogP contribution in [0.1, 0.15) is 57.4 Å². The lowest BCUT2D eigenvalue weighted by Gasteiger charge is -2.19. The minimum atomic E-state index is -0.691. The molecule has 0 aliphatic heterocycles. The number of anilines is 5. The Morgan fingerprint density at radius 2 is 1.17 bits per heavy atom. The number of aromatic hydroxyl groups is 1. The van der Waals surface area contributed by atoms with Crippen molar-refractivity contribution in [2.45, 2.75) is 26.2 Å². The highest BCUT2D eigenvalue weighted by Gasteiger charge is 2.21. The molecule has 0 aromatic heterocycles. The molecule has 0 aliphatic rings. The van der Waals surface area contributed by atoms with Crippen LogP contribution in [0.5, 0.6) is 17.2 Å². The number of hydrogen-bond acceptors (Lipinski definition) is 10. The fraction of sp³-hybridized carbons (Fsp3) is 0.122. The number of rotatable bonds is 14. The van der Waals surface area contributed by atoms with Gasteiger partial charge in [0.1, 0.15) is 22.9 Å². The first kappa shape index (κ1) is 44.9. The minimum absolute atomic E-state index is 0.00322. The molecule has 0 fully saturated rings. The molecule has 0 aliphatic carbocycles. The fourth-order valence-electron chi connectivity index (χ4n) is 6.44. The quantitative estimate of drug-likeness (QED) is 0.0457. The molecule has 324 valence electrons. The Bertz CT molecular complexity index is 2820. The zero-order valence-corrected chi connectivity index (χ0v) is 35.7. The lowest BCUT2D eigenvalue weighted by Crippen LogP contribution is -2.16. The number of benzene rings is 6. The second-order valence-electron chi connectivity index (χ2n) is 15.2. The van der Waals surface area contributed by atoms with Crippen molar-refractivity contribution < 1.29 is 38.6 Å². The molecule has 0 unspecified atom stereocenters. The Labute approximate surface area is 368 Å². The van der Waals surface area contributed by atoms with Crippen molar-refractivity contribution in [3.8, 4) is 17.2 Å². The van der Waals surface area contributed by atoms with Gasteiger partial charge in [0.15, 0.2) is 5.75 Å². The van der Waals surface area contributed by atoms with Gasteiger partial charge in [0, 0.05) is 51.4 Å². The first-order valence-electron chi connectivity index (χ1n) is 19.7. The molecular weight excluding hydrogens is 815 g/mol. The number of carbonyl (C=O) groups excluding carboxylic acids is 5. The Balaban J connectivity index is 1.24. The Morgan fingerprint density at radius 3 is 1.77 bits per heavy atom. The van der Waals surface area contributed by atoms with Crippen LogP contribution < -0.4 is 36.1 Å². The SMILES string of the molecule is C=CC(=O)Nc1cc(NC(=O)C=C)cc(C(=O)Nc2cccc(NC(=O)c3cc4ccccc4c(N=Nc4cc(OC)c(NC(=O)c5ccc(C(C)(C)C)cc5)cc4OC)c3O)c2)c1. The summed E-state index contributed by atoms with van der Waals surface area (Å²) in [6.07, 6.45) is 2.12. The number of phenols is 1. The topological polar surface area (TPSA) is 209 Å². The van der Waals surface area contributed by atoms with Crippen LogP contribution in [0.25, 0.3) is 10.8 Å². The summed E-state index contributed by atoms with van der Waals surface area (Å²) in [5.74, 6) is -2.65. The number of carbonyl (C=O) groups is 5. The lowest BCUT2D eigenvalue weighted by atomic mass is 9.87. The van der Waals surface area contributed by atoms with E-state index in [0.29, 0.717) is 27.7 Å². The van der Waals surface area contributed by atoms with E-state index in [1.54, 1.807) is 60.7 Å². The average molecular weight is 860 g/mol. The smallest absolute Gasteiger partial charge is 0.259 e. The zero-order valence-electron chi connectivity index (χ0n) is 35.7. The van der Waals surface area contributed by atoms with Gasteiger partial charge in [-0.3, -0.25) is 24.0 Å². The van der Waals surface area contributed by atoms with E-state index in [0.717, 1.165) is 17.7 Å². The minimum Gasteiger partial charge on any atom is -0.505 e. The van der Waals surface area contributed by atoms with Crippen LogP contribution in [-0.4, -0.2) is 48.9 Å². The van der Waals surface area contributed by atoms with Crippen LogP contribution in [0.3, 0.4) is 0 Å². The lowest BCUT2D eigenvalue weighted by molar-refractivity contribution is -0.112. The van der Waals surface area contributed by atoms with Gasteiger partial charge in [-0.25, -0.2) is 0 Å². The van der Waals surface area contributed by atoms with Crippen molar-refractivity contribution in [1.29, 1.82) is 0 Å². The van der Waals surface area contributed by atoms with Crippen molar-refractivity contribution in [3.63, 3.8) is 0 Å². The van der Waals surface area contributed by atoms with Gasteiger partial charge in [0.25, 0.3) is 17.7 Å². The summed E-state index contributed by atoms with van der Waals surface area (Å²) in [6.45, 7) is 13.1. The zero-order chi connectivity index (χ0) is 46.1. The van der Waals surface area contributed by atoms with Gasteiger partial charge in [-0.2, -0.15) is 0 Å². The molecule has 0 spiro atoms. The van der Waals surface area contributed by atoms with Crippen molar-refractivity contribution in [2.24, 2.45) is 10.2 Å². The number of ether oxygens (including phenoxy) is 2. The van der Waals surface area contributed by atoms with E-state index in [-0.39, 0.29) is 62.4 Å². The first-order valence-corrected chi connectivity index (χ1v) is 19.7. The van der Waals surface area contributed by atoms with Gasteiger partial charge in [-0.15, -0.1) is 10.2 Å². The van der Waals surface area contributed by atoms with E-state index in [2.05, 4.69) is 70.7 Å². The van der Waals surface area contributed by atoms with E-state index in [1.165, 1.54) is 50.6 Å². The third-order valence-corrected chi connectivity index (χ3v) is 9.74. The summed E-state index contributed by atoms with van der Waals surface area (Å²) >= 11 is 0. The Hall–Kier alpha value is -8.59. The fourth-order valence-corrected chi connectivity index (χ4v) is 6.44. The maximum atomic E-state index is 13.8. The molecular formula is C49H45N7O8. The molecule has 0 radical (unpaired) electrons. The molecule has 64 heavy (non-hydrogen) atoms. The van der Waals surface area contributed by atoms with Crippen LogP contribution >= 0.6 is 0 Å². The number of amides is 5.